The predicted octanol–water partition coefficient (Wildman–Crippen LogP) is 4.27. The van der Waals surface area contributed by atoms with Crippen LogP contribution in [0.3, 0.4) is 0 Å². The van der Waals surface area contributed by atoms with Crippen molar-refractivity contribution >= 4 is 44.0 Å². The summed E-state index contributed by atoms with van der Waals surface area (Å²) in [7, 11) is -4.00. The number of hydrogen-bond acceptors (Lipinski definition) is 6. The number of ketones is 1. The van der Waals surface area contributed by atoms with Crippen molar-refractivity contribution in [2.75, 3.05) is 5.73 Å². The highest BCUT2D eigenvalue weighted by Crippen LogP contribution is 2.25. The average molecular weight is 466 g/mol. The third-order valence-corrected chi connectivity index (χ3v) is 6.39. The lowest BCUT2D eigenvalue weighted by atomic mass is 10.0. The zero-order valence-corrected chi connectivity index (χ0v) is 17.9. The highest BCUT2D eigenvalue weighted by molar-refractivity contribution is 7.86. The number of H-pyrrole nitrogens is 1. The lowest BCUT2D eigenvalue weighted by Crippen LogP contribution is -2.09. The number of nitrogens with two attached hydrogens (primary N) is 1. The number of halogens is 2. The lowest BCUT2D eigenvalue weighted by molar-refractivity contribution is 0.103. The summed E-state index contributed by atoms with van der Waals surface area (Å²) in [5.74, 6) is -2.76. The van der Waals surface area contributed by atoms with Crippen molar-refractivity contribution in [2.45, 2.75) is 18.7 Å². The summed E-state index contributed by atoms with van der Waals surface area (Å²) in [6, 6.07) is 6.81. The minimum absolute atomic E-state index is 0.0278. The number of rotatable bonds is 3. The summed E-state index contributed by atoms with van der Waals surface area (Å²) in [6.45, 7) is 3.47. The molecular formula is C20H17F2N3O4S2. The van der Waals surface area contributed by atoms with Crippen molar-refractivity contribution in [2.24, 2.45) is 0 Å². The van der Waals surface area contributed by atoms with Crippen LogP contribution in [-0.4, -0.2) is 28.7 Å². The summed E-state index contributed by atoms with van der Waals surface area (Å²) >= 11 is 1.36. The molecule has 0 aliphatic rings. The van der Waals surface area contributed by atoms with Crippen LogP contribution in [0.15, 0.2) is 47.6 Å². The van der Waals surface area contributed by atoms with Crippen molar-refractivity contribution < 1.29 is 26.5 Å². The lowest BCUT2D eigenvalue weighted by Gasteiger charge is -2.05. The Hall–Kier alpha value is -3.15. The number of pyridine rings is 1. The maximum atomic E-state index is 13.9. The van der Waals surface area contributed by atoms with Gasteiger partial charge in [0.15, 0.2) is 5.82 Å². The summed E-state index contributed by atoms with van der Waals surface area (Å²) in [5, 5.41) is 0.499. The van der Waals surface area contributed by atoms with E-state index in [4.69, 9.17) is 10.3 Å². The summed E-state index contributed by atoms with van der Waals surface area (Å²) in [4.78, 5) is 20.7. The Labute approximate surface area is 180 Å². The molecule has 7 nitrogen and oxygen atoms in total. The molecule has 4 aromatic rings. The molecule has 4 rings (SSSR count). The second kappa shape index (κ2) is 8.53. The molecule has 0 saturated carbocycles. The second-order valence-electron chi connectivity index (χ2n) is 6.51. The number of carbonyl (C=O) groups excluding carboxylic acids is 1. The average Bonchev–Trinajstić information content (AvgIpc) is 3.28. The number of benzene rings is 1. The molecule has 0 spiro atoms. The number of nitrogens with one attached hydrogen (secondary N) is 1. The van der Waals surface area contributed by atoms with E-state index < -0.39 is 33.1 Å². The largest absolute Gasteiger partial charge is 0.396 e. The third-order valence-electron chi connectivity index (χ3n) is 4.32. The molecule has 3 heterocycles. The molecule has 4 N–H and O–H groups in total. The highest BCUT2D eigenvalue weighted by Gasteiger charge is 2.23. The number of thiophene rings is 1. The van der Waals surface area contributed by atoms with E-state index in [0.29, 0.717) is 15.9 Å². The van der Waals surface area contributed by atoms with Crippen molar-refractivity contribution in [3.05, 3.63) is 75.2 Å². The Balaban J connectivity index is 0.000000210. The predicted molar refractivity (Wildman–Crippen MR) is 114 cm³/mol. The van der Waals surface area contributed by atoms with E-state index in [1.54, 1.807) is 32.2 Å². The van der Waals surface area contributed by atoms with Crippen molar-refractivity contribution in [1.29, 1.82) is 0 Å². The maximum absolute atomic E-state index is 13.9. The van der Waals surface area contributed by atoms with Crippen molar-refractivity contribution in [3.63, 3.8) is 0 Å². The fourth-order valence-corrected chi connectivity index (χ4v) is 4.94. The SMILES string of the molecule is Cc1cc(S(=O)(=O)O)c(C)s1.Nc1ccc(F)c(C(=O)c2c[nH]c3ncccc23)c1F. The molecule has 3 aromatic heterocycles. The molecule has 0 aliphatic heterocycles. The van der Waals surface area contributed by atoms with Crippen LogP contribution in [0.4, 0.5) is 14.5 Å². The number of aryl methyl sites for hydroxylation is 2. The van der Waals surface area contributed by atoms with Gasteiger partial charge in [-0.25, -0.2) is 13.8 Å². The van der Waals surface area contributed by atoms with Crippen molar-refractivity contribution in [1.82, 2.24) is 9.97 Å². The van der Waals surface area contributed by atoms with Gasteiger partial charge in [-0.2, -0.15) is 8.42 Å². The van der Waals surface area contributed by atoms with Gasteiger partial charge in [-0.3, -0.25) is 9.35 Å². The molecule has 0 saturated heterocycles. The van der Waals surface area contributed by atoms with Crippen LogP contribution in [-0.2, 0) is 10.1 Å². The van der Waals surface area contributed by atoms with Gasteiger partial charge < -0.3 is 10.7 Å². The zero-order valence-electron chi connectivity index (χ0n) is 16.3. The Morgan fingerprint density at radius 3 is 2.52 bits per heavy atom. The molecule has 0 bridgehead atoms. The molecule has 11 heteroatoms. The fraction of sp³-hybridized carbons (Fsp3) is 0.100. The van der Waals surface area contributed by atoms with Crippen molar-refractivity contribution in [3.8, 4) is 0 Å². The Bertz CT molecular complexity index is 1390. The number of carbonyl (C=O) groups is 1. The Morgan fingerprint density at radius 2 is 1.94 bits per heavy atom. The van der Waals surface area contributed by atoms with Crippen LogP contribution < -0.4 is 5.73 Å². The molecule has 0 amide bonds. The van der Waals surface area contributed by atoms with Gasteiger partial charge in [0.05, 0.1) is 11.3 Å². The molecular weight excluding hydrogens is 448 g/mol. The third kappa shape index (κ3) is 4.63. The van der Waals surface area contributed by atoms with Gasteiger partial charge >= 0.3 is 0 Å². The molecule has 1 aromatic carbocycles. The number of nitrogen functional groups attached to an aromatic ring is 1. The highest BCUT2D eigenvalue weighted by atomic mass is 32.2. The molecule has 0 atom stereocenters. The van der Waals surface area contributed by atoms with Gasteiger partial charge in [0.25, 0.3) is 10.1 Å². The summed E-state index contributed by atoms with van der Waals surface area (Å²) in [5.41, 5.74) is 5.07. The van der Waals surface area contributed by atoms with E-state index in [1.165, 1.54) is 23.6 Å². The van der Waals surface area contributed by atoms with E-state index in [2.05, 4.69) is 9.97 Å². The number of aromatic amines is 1. The first-order valence-corrected chi connectivity index (χ1v) is 11.0. The molecule has 162 valence electrons. The van der Waals surface area contributed by atoms with Gasteiger partial charge in [0.2, 0.25) is 5.78 Å². The minimum atomic E-state index is -4.00. The molecule has 0 unspecified atom stereocenters. The molecule has 0 fully saturated rings. The van der Waals surface area contributed by atoms with Gasteiger partial charge in [-0.1, -0.05) is 0 Å². The number of fused-ring (bicyclic) bond motifs is 1. The molecule has 0 aliphatic carbocycles. The van der Waals surface area contributed by atoms with Crippen LogP contribution in [0.5, 0.6) is 0 Å². The van der Waals surface area contributed by atoms with E-state index in [0.717, 1.165) is 17.0 Å². The fourth-order valence-electron chi connectivity index (χ4n) is 2.92. The smallest absolute Gasteiger partial charge is 0.295 e. The normalized spacial score (nSPS) is 11.3. The van der Waals surface area contributed by atoms with Gasteiger partial charge in [-0.15, -0.1) is 11.3 Å². The maximum Gasteiger partial charge on any atom is 0.295 e. The zero-order chi connectivity index (χ0) is 22.9. The van der Waals surface area contributed by atoms with Gasteiger partial charge in [0, 0.05) is 33.1 Å². The van der Waals surface area contributed by atoms with Crippen LogP contribution in [0.1, 0.15) is 25.7 Å². The topological polar surface area (TPSA) is 126 Å². The van der Waals surface area contributed by atoms with Gasteiger partial charge in [-0.05, 0) is 44.2 Å². The number of aromatic nitrogens is 2. The Kier molecular flexibility index (Phi) is 6.20. The minimum Gasteiger partial charge on any atom is -0.396 e. The first kappa shape index (κ1) is 22.5. The summed E-state index contributed by atoms with van der Waals surface area (Å²) < 4.78 is 57.5. The molecule has 0 radical (unpaired) electrons. The standard InChI is InChI=1S/C14H9F2N3O.C6H8O3S2/c15-9-3-4-10(17)12(16)11(9)13(20)8-6-19-14-7(8)2-1-5-18-14;1-4-3-6(5(2)10-4)11(7,8)9/h1-6H,17H2,(H,18,19);3H,1-2H3,(H,7,8,9). The molecule has 31 heavy (non-hydrogen) atoms. The quantitative estimate of drug-likeness (QED) is 0.236. The van der Waals surface area contributed by atoms with Crippen LogP contribution in [0.25, 0.3) is 11.0 Å². The first-order valence-electron chi connectivity index (χ1n) is 8.75. The van der Waals surface area contributed by atoms with Crippen LogP contribution in [0, 0.1) is 25.5 Å². The summed E-state index contributed by atoms with van der Waals surface area (Å²) in [6.07, 6.45) is 2.93. The van der Waals surface area contributed by atoms with Crippen LogP contribution >= 0.6 is 11.3 Å². The van der Waals surface area contributed by atoms with Crippen LogP contribution in [0.2, 0.25) is 0 Å². The van der Waals surface area contributed by atoms with E-state index >= 15 is 0 Å². The van der Waals surface area contributed by atoms with Gasteiger partial charge in [0.1, 0.15) is 16.4 Å². The van der Waals surface area contributed by atoms with E-state index in [-0.39, 0.29) is 16.1 Å². The van der Waals surface area contributed by atoms with E-state index in [9.17, 15) is 22.0 Å². The Morgan fingerprint density at radius 1 is 1.23 bits per heavy atom. The van der Waals surface area contributed by atoms with E-state index in [1.807, 2.05) is 0 Å². The number of anilines is 1. The first-order chi connectivity index (χ1) is 14.5. The second-order valence-corrected chi connectivity index (χ2v) is 9.36. The number of nitrogens with zero attached hydrogens (tertiary/aromatic N) is 1. The monoisotopic (exact) mass is 465 g/mol. The number of hydrogen-bond donors (Lipinski definition) is 3.